The summed E-state index contributed by atoms with van der Waals surface area (Å²) in [7, 11) is 0. The van der Waals surface area contributed by atoms with Crippen LogP contribution in [0.15, 0.2) is 18.6 Å². The predicted octanol–water partition coefficient (Wildman–Crippen LogP) is -8.38. The summed E-state index contributed by atoms with van der Waals surface area (Å²) >= 11 is 0. The third-order valence-electron chi connectivity index (χ3n) is 0.605. The van der Waals surface area contributed by atoms with Gasteiger partial charge in [0.05, 0.1) is 0 Å². The third-order valence-corrected chi connectivity index (χ3v) is 0.605. The smallest absolute Gasteiger partial charge is 0.652 e. The van der Waals surface area contributed by atoms with Crippen LogP contribution in [-0.4, -0.2) is 16.1 Å². The number of hydrogen-bond acceptors (Lipinski definition) is 6. The number of hydrogen-bond donors (Lipinski definition) is 1. The van der Waals surface area contributed by atoms with E-state index in [2.05, 4.69) is 9.97 Å². The van der Waals surface area contributed by atoms with Gasteiger partial charge in [0.2, 0.25) is 0 Å². The van der Waals surface area contributed by atoms with Crippen molar-refractivity contribution in [3.8, 4) is 0 Å². The first-order chi connectivity index (χ1) is 5.13. The molecule has 1 rings (SSSR count). The van der Waals surface area contributed by atoms with Gasteiger partial charge < -0.3 is 20.7 Å². The van der Waals surface area contributed by atoms with Crippen molar-refractivity contribution in [3.05, 3.63) is 18.6 Å². The number of nitrogen functional groups attached to an aromatic ring is 1. The zero-order valence-electron chi connectivity index (χ0n) is 7.43. The van der Waals surface area contributed by atoms with Crippen molar-refractivity contribution in [2.45, 2.75) is 0 Å². The number of anilines is 1. The largest absolute Gasteiger partial charge is 1.00 e. The monoisotopic (exact) mass is 233 g/mol. The molecule has 1 aromatic heterocycles. The summed E-state index contributed by atoms with van der Waals surface area (Å²) in [5, 5.41) is 16.7. The summed E-state index contributed by atoms with van der Waals surface area (Å²) < 4.78 is 0. The van der Waals surface area contributed by atoms with Crippen LogP contribution in [-0.2, 0) is 0 Å². The summed E-state index contributed by atoms with van der Waals surface area (Å²) in [5.74, 6) is 0.509. The second-order valence-corrected chi connectivity index (χ2v) is 1.38. The van der Waals surface area contributed by atoms with Gasteiger partial charge in [0.25, 0.3) is 0 Å². The van der Waals surface area contributed by atoms with Crippen LogP contribution in [0, 0.1) is 0 Å². The zero-order chi connectivity index (χ0) is 8.69. The van der Waals surface area contributed by atoms with Gasteiger partial charge in [-0.15, -0.1) is 0 Å². The number of nitrogens with two attached hydrogens (primary N) is 1. The van der Waals surface area contributed by atoms with E-state index in [0.29, 0.717) is 5.82 Å². The van der Waals surface area contributed by atoms with Gasteiger partial charge in [-0.05, 0) is 12.2 Å². The van der Waals surface area contributed by atoms with Gasteiger partial charge in [-0.25, -0.2) is 9.97 Å². The molecule has 1 aromatic rings. The first-order valence-electron chi connectivity index (χ1n) is 2.52. The molecule has 1 heterocycles. The summed E-state index contributed by atoms with van der Waals surface area (Å²) in [6.07, 6.45) is 0.678. The van der Waals surface area contributed by atoms with Crippen LogP contribution in [0.4, 0.5) is 10.6 Å². The molecule has 0 atom stereocenters. The molecule has 8 heteroatoms. The van der Waals surface area contributed by atoms with Crippen molar-refractivity contribution in [2.24, 2.45) is 0 Å². The number of rotatable bonds is 0. The summed E-state index contributed by atoms with van der Waals surface area (Å²) in [6, 6.07) is 1.64. The van der Waals surface area contributed by atoms with Crippen LogP contribution in [0.5, 0.6) is 0 Å². The second-order valence-electron chi connectivity index (χ2n) is 1.38. The molecule has 2 N–H and O–H groups in total. The molecule has 0 spiro atoms. The fraction of sp³-hybridized carbons (Fsp3) is 0. The van der Waals surface area contributed by atoms with Gasteiger partial charge in [-0.3, -0.25) is 0 Å². The van der Waals surface area contributed by atoms with E-state index in [1.54, 1.807) is 12.3 Å². The van der Waals surface area contributed by atoms with E-state index in [1.807, 2.05) is 0 Å². The van der Waals surface area contributed by atoms with E-state index >= 15 is 0 Å². The van der Waals surface area contributed by atoms with Crippen LogP contribution < -0.4 is 119 Å². The number of carbonyl (C=O) groups excluding carboxylic acids is 1. The summed E-state index contributed by atoms with van der Waals surface area (Å²) in [5.41, 5.74) is 5.21. The Hall–Kier alpha value is 1.42. The number of carboxylic acid groups (broad SMARTS) is 2. The SMILES string of the molecule is Nc1ccncn1.O=C([O-])[O-].[K+].[K+]. The van der Waals surface area contributed by atoms with Crippen LogP contribution in [0.25, 0.3) is 0 Å². The molecule has 0 saturated heterocycles. The standard InChI is InChI=1S/C4H5N3.CH2O3.2K/c5-4-1-2-6-3-7-4;2-1(3)4;;/h1-3H,(H2,5,6,7);(H2,2,3,4);;/q;;2*+1/p-2. The van der Waals surface area contributed by atoms with E-state index in [4.69, 9.17) is 20.7 Å². The van der Waals surface area contributed by atoms with Gasteiger partial charge in [0, 0.05) is 6.20 Å². The first kappa shape index (κ1) is 19.9. The van der Waals surface area contributed by atoms with Gasteiger partial charge in [-0.1, -0.05) is 0 Å². The normalized spacial score (nSPS) is 6.46. The molecule has 0 aliphatic carbocycles. The zero-order valence-corrected chi connectivity index (χ0v) is 13.7. The Morgan fingerprint density at radius 3 is 2.00 bits per heavy atom. The van der Waals surface area contributed by atoms with Crippen LogP contribution >= 0.6 is 0 Å². The average molecular weight is 233 g/mol. The minimum absolute atomic E-state index is 0. The van der Waals surface area contributed by atoms with Crippen LogP contribution in [0.1, 0.15) is 0 Å². The Kier molecular flexibility index (Phi) is 20.6. The number of aromatic nitrogens is 2. The fourth-order valence-electron chi connectivity index (χ4n) is 0.301. The Morgan fingerprint density at radius 2 is 1.85 bits per heavy atom. The molecular weight excluding hydrogens is 228 g/mol. The maximum Gasteiger partial charge on any atom is 1.00 e. The van der Waals surface area contributed by atoms with E-state index in [9.17, 15) is 0 Å². The van der Waals surface area contributed by atoms with Crippen molar-refractivity contribution >= 4 is 12.0 Å². The Bertz CT molecular complexity index is 218. The molecule has 13 heavy (non-hydrogen) atoms. The van der Waals surface area contributed by atoms with Gasteiger partial charge in [0.1, 0.15) is 12.1 Å². The van der Waals surface area contributed by atoms with Crippen molar-refractivity contribution in [1.82, 2.24) is 9.97 Å². The minimum atomic E-state index is -2.33. The Labute approximate surface area is 160 Å². The molecule has 0 amide bonds. The molecule has 0 saturated carbocycles. The molecule has 60 valence electrons. The maximum atomic E-state index is 8.33. The van der Waals surface area contributed by atoms with E-state index in [1.165, 1.54) is 6.33 Å². The van der Waals surface area contributed by atoms with E-state index in [0.717, 1.165) is 0 Å². The molecule has 0 unspecified atom stereocenters. The second kappa shape index (κ2) is 13.4. The Balaban J connectivity index is -0.000000150. The molecule has 6 nitrogen and oxygen atoms in total. The Morgan fingerprint density at radius 1 is 1.38 bits per heavy atom. The van der Waals surface area contributed by atoms with Gasteiger partial charge in [-0.2, -0.15) is 0 Å². The van der Waals surface area contributed by atoms with Crippen molar-refractivity contribution in [1.29, 1.82) is 0 Å². The minimum Gasteiger partial charge on any atom is -0.652 e. The van der Waals surface area contributed by atoms with Crippen LogP contribution in [0.3, 0.4) is 0 Å². The quantitative estimate of drug-likeness (QED) is 0.445. The van der Waals surface area contributed by atoms with E-state index < -0.39 is 6.16 Å². The fourth-order valence-corrected chi connectivity index (χ4v) is 0.301. The topological polar surface area (TPSA) is 115 Å². The van der Waals surface area contributed by atoms with Crippen LogP contribution in [0.2, 0.25) is 0 Å². The predicted molar refractivity (Wildman–Crippen MR) is 31.8 cm³/mol. The van der Waals surface area contributed by atoms with Crippen molar-refractivity contribution in [3.63, 3.8) is 0 Å². The van der Waals surface area contributed by atoms with Gasteiger partial charge >= 0.3 is 103 Å². The van der Waals surface area contributed by atoms with Crippen molar-refractivity contribution in [2.75, 3.05) is 5.73 Å². The molecule has 0 aliphatic heterocycles. The molecule has 0 aliphatic rings. The summed E-state index contributed by atoms with van der Waals surface area (Å²) in [4.78, 5) is 15.6. The number of carbonyl (C=O) groups is 1. The van der Waals surface area contributed by atoms with E-state index in [-0.39, 0.29) is 103 Å². The molecule has 0 fully saturated rings. The molecule has 0 bridgehead atoms. The third kappa shape index (κ3) is 19.7. The average Bonchev–Trinajstić information content (AvgIpc) is 1.87. The maximum absolute atomic E-state index is 8.33. The number of nitrogens with zero attached hydrogens (tertiary/aromatic N) is 2. The summed E-state index contributed by atoms with van der Waals surface area (Å²) in [6.45, 7) is 0. The van der Waals surface area contributed by atoms with Crippen molar-refractivity contribution < 1.29 is 118 Å². The van der Waals surface area contributed by atoms with Gasteiger partial charge in [0.15, 0.2) is 0 Å². The molecular formula is C5H5K2N3O3. The first-order valence-corrected chi connectivity index (χ1v) is 2.52. The molecule has 0 radical (unpaired) electrons. The molecule has 0 aromatic carbocycles.